The van der Waals surface area contributed by atoms with E-state index in [4.69, 9.17) is 4.74 Å². The standard InChI is InChI=1S/C17H18N2O5/c1-23-12-5-3-11(4-6-12)9-19-8-7-18-10-13(17(22)24-2)15(20)14(18)16(19)21/h3-6,10,14H,7-9H2,1-2H3. The second-order valence-corrected chi connectivity index (χ2v) is 5.65. The first-order valence-corrected chi connectivity index (χ1v) is 7.57. The monoisotopic (exact) mass is 330 g/mol. The Labute approximate surface area is 139 Å². The molecular formula is C17H18N2O5. The molecule has 0 spiro atoms. The summed E-state index contributed by atoms with van der Waals surface area (Å²) < 4.78 is 9.71. The molecule has 1 unspecified atom stereocenters. The van der Waals surface area contributed by atoms with Crippen LogP contribution in [0.5, 0.6) is 5.75 Å². The first-order valence-electron chi connectivity index (χ1n) is 7.57. The van der Waals surface area contributed by atoms with E-state index in [2.05, 4.69) is 4.74 Å². The maximum absolute atomic E-state index is 12.7. The highest BCUT2D eigenvalue weighted by atomic mass is 16.5. The number of amides is 1. The lowest BCUT2D eigenvalue weighted by Crippen LogP contribution is -2.55. The summed E-state index contributed by atoms with van der Waals surface area (Å²) in [5.41, 5.74) is 0.881. The minimum Gasteiger partial charge on any atom is -0.497 e. The van der Waals surface area contributed by atoms with Crippen LogP contribution in [0, 0.1) is 0 Å². The predicted octanol–water partition coefficient (Wildman–Crippen LogP) is 0.348. The van der Waals surface area contributed by atoms with Crippen LogP contribution >= 0.6 is 0 Å². The fourth-order valence-corrected chi connectivity index (χ4v) is 2.94. The van der Waals surface area contributed by atoms with E-state index in [0.29, 0.717) is 19.6 Å². The van der Waals surface area contributed by atoms with Crippen LogP contribution in [0.15, 0.2) is 36.0 Å². The first kappa shape index (κ1) is 16.0. The van der Waals surface area contributed by atoms with Crippen molar-refractivity contribution in [3.05, 3.63) is 41.6 Å². The number of hydrogen-bond donors (Lipinski definition) is 0. The average molecular weight is 330 g/mol. The lowest BCUT2D eigenvalue weighted by molar-refractivity contribution is -0.144. The van der Waals surface area contributed by atoms with Gasteiger partial charge in [-0.05, 0) is 17.7 Å². The number of carbonyl (C=O) groups excluding carboxylic acids is 3. The fraction of sp³-hybridized carbons (Fsp3) is 0.353. The van der Waals surface area contributed by atoms with Crippen molar-refractivity contribution in [3.63, 3.8) is 0 Å². The van der Waals surface area contributed by atoms with E-state index in [-0.39, 0.29) is 11.5 Å². The Morgan fingerprint density at radius 2 is 1.88 bits per heavy atom. The Bertz CT molecular complexity index is 710. The number of ether oxygens (including phenoxy) is 2. The number of piperazine rings is 1. The van der Waals surface area contributed by atoms with Crippen molar-refractivity contribution in [3.8, 4) is 5.75 Å². The molecule has 1 fully saturated rings. The van der Waals surface area contributed by atoms with Crippen molar-refractivity contribution in [2.75, 3.05) is 27.3 Å². The summed E-state index contributed by atoms with van der Waals surface area (Å²) in [4.78, 5) is 39.9. The summed E-state index contributed by atoms with van der Waals surface area (Å²) in [5.74, 6) is -0.750. The van der Waals surface area contributed by atoms with E-state index < -0.39 is 17.8 Å². The van der Waals surface area contributed by atoms with Crippen molar-refractivity contribution in [1.82, 2.24) is 9.80 Å². The van der Waals surface area contributed by atoms with Gasteiger partial charge in [0.2, 0.25) is 5.78 Å². The molecule has 2 aliphatic rings. The quantitative estimate of drug-likeness (QED) is 0.450. The zero-order valence-electron chi connectivity index (χ0n) is 13.5. The van der Waals surface area contributed by atoms with Crippen LogP contribution in [-0.4, -0.2) is 60.8 Å². The van der Waals surface area contributed by atoms with Gasteiger partial charge in [0.25, 0.3) is 5.91 Å². The lowest BCUT2D eigenvalue weighted by atomic mass is 10.1. The second kappa shape index (κ2) is 6.35. The number of fused-ring (bicyclic) bond motifs is 1. The normalized spacial score (nSPS) is 19.9. The molecule has 0 aromatic heterocycles. The highest BCUT2D eigenvalue weighted by Gasteiger charge is 2.46. The van der Waals surface area contributed by atoms with E-state index in [0.717, 1.165) is 11.3 Å². The van der Waals surface area contributed by atoms with Crippen LogP contribution in [-0.2, 0) is 25.7 Å². The van der Waals surface area contributed by atoms with Crippen LogP contribution in [0.25, 0.3) is 0 Å². The van der Waals surface area contributed by atoms with E-state index in [9.17, 15) is 14.4 Å². The number of methoxy groups -OCH3 is 2. The molecule has 1 amide bonds. The lowest BCUT2D eigenvalue weighted by Gasteiger charge is -2.36. The van der Waals surface area contributed by atoms with Crippen LogP contribution in [0.2, 0.25) is 0 Å². The molecule has 1 atom stereocenters. The largest absolute Gasteiger partial charge is 0.497 e. The summed E-state index contributed by atoms with van der Waals surface area (Å²) >= 11 is 0. The molecule has 1 aromatic carbocycles. The van der Waals surface area contributed by atoms with Gasteiger partial charge in [0.05, 0.1) is 14.2 Å². The van der Waals surface area contributed by atoms with Gasteiger partial charge in [0.1, 0.15) is 11.3 Å². The fourth-order valence-electron chi connectivity index (χ4n) is 2.94. The van der Waals surface area contributed by atoms with Gasteiger partial charge in [-0.1, -0.05) is 12.1 Å². The molecule has 3 rings (SSSR count). The summed E-state index contributed by atoms with van der Waals surface area (Å²) in [6.07, 6.45) is 1.43. The van der Waals surface area contributed by atoms with Gasteiger partial charge in [-0.2, -0.15) is 0 Å². The average Bonchev–Trinajstić information content (AvgIpc) is 2.95. The molecule has 2 aliphatic heterocycles. The maximum atomic E-state index is 12.7. The molecule has 0 radical (unpaired) electrons. The number of nitrogens with zero attached hydrogens (tertiary/aromatic N) is 2. The topological polar surface area (TPSA) is 76.2 Å². The molecule has 0 aliphatic carbocycles. The van der Waals surface area contributed by atoms with Gasteiger partial charge in [-0.25, -0.2) is 4.79 Å². The van der Waals surface area contributed by atoms with Crippen molar-refractivity contribution < 1.29 is 23.9 Å². The Morgan fingerprint density at radius 1 is 1.17 bits per heavy atom. The molecule has 2 heterocycles. The van der Waals surface area contributed by atoms with E-state index >= 15 is 0 Å². The number of rotatable bonds is 4. The van der Waals surface area contributed by atoms with Crippen molar-refractivity contribution in [1.29, 1.82) is 0 Å². The number of ketones is 1. The third kappa shape index (κ3) is 2.73. The Kier molecular flexibility index (Phi) is 4.24. The molecule has 1 aromatic rings. The van der Waals surface area contributed by atoms with E-state index in [1.54, 1.807) is 16.9 Å². The molecule has 24 heavy (non-hydrogen) atoms. The zero-order valence-corrected chi connectivity index (χ0v) is 13.5. The number of hydrogen-bond acceptors (Lipinski definition) is 6. The highest BCUT2D eigenvalue weighted by Crippen LogP contribution is 2.25. The maximum Gasteiger partial charge on any atom is 0.343 e. The van der Waals surface area contributed by atoms with Crippen molar-refractivity contribution in [2.45, 2.75) is 12.6 Å². The van der Waals surface area contributed by atoms with Crippen LogP contribution in [0.1, 0.15) is 5.56 Å². The molecule has 7 nitrogen and oxygen atoms in total. The number of benzene rings is 1. The van der Waals surface area contributed by atoms with Gasteiger partial charge >= 0.3 is 5.97 Å². The van der Waals surface area contributed by atoms with Gasteiger partial charge in [0, 0.05) is 25.8 Å². The molecule has 126 valence electrons. The first-order chi connectivity index (χ1) is 11.5. The predicted molar refractivity (Wildman–Crippen MR) is 84.0 cm³/mol. The van der Waals surface area contributed by atoms with Crippen molar-refractivity contribution >= 4 is 17.7 Å². The summed E-state index contributed by atoms with van der Waals surface area (Å²) in [6.45, 7) is 1.40. The SMILES string of the molecule is COC(=O)C1=CN2CCN(Cc3ccc(OC)cc3)C(=O)C2C1=O. The number of Topliss-reactive ketones (excluding diaryl/α,β-unsaturated/α-hetero) is 1. The third-order valence-corrected chi connectivity index (χ3v) is 4.25. The van der Waals surface area contributed by atoms with Gasteiger partial charge < -0.3 is 19.3 Å². The zero-order chi connectivity index (χ0) is 17.3. The number of carbonyl (C=O) groups is 3. The summed E-state index contributed by atoms with van der Waals surface area (Å²) in [6, 6.07) is 6.47. The van der Waals surface area contributed by atoms with Crippen LogP contribution < -0.4 is 4.74 Å². The molecule has 7 heteroatoms. The summed E-state index contributed by atoms with van der Waals surface area (Å²) in [5, 5.41) is 0. The Morgan fingerprint density at radius 3 is 2.50 bits per heavy atom. The molecule has 1 saturated heterocycles. The van der Waals surface area contributed by atoms with Gasteiger partial charge in [0.15, 0.2) is 6.04 Å². The Balaban J connectivity index is 1.73. The molecular weight excluding hydrogens is 312 g/mol. The summed E-state index contributed by atoms with van der Waals surface area (Å²) in [7, 11) is 2.81. The van der Waals surface area contributed by atoms with Crippen LogP contribution in [0.4, 0.5) is 0 Å². The smallest absolute Gasteiger partial charge is 0.343 e. The third-order valence-electron chi connectivity index (χ3n) is 4.25. The van der Waals surface area contributed by atoms with Gasteiger partial charge in [-0.3, -0.25) is 9.59 Å². The number of esters is 1. The molecule has 0 saturated carbocycles. The van der Waals surface area contributed by atoms with Crippen molar-refractivity contribution in [2.24, 2.45) is 0 Å². The second-order valence-electron chi connectivity index (χ2n) is 5.65. The van der Waals surface area contributed by atoms with E-state index in [1.165, 1.54) is 13.3 Å². The van der Waals surface area contributed by atoms with Crippen LogP contribution in [0.3, 0.4) is 0 Å². The minimum absolute atomic E-state index is 0.0675. The van der Waals surface area contributed by atoms with Gasteiger partial charge in [-0.15, -0.1) is 0 Å². The Hall–Kier alpha value is -2.83. The highest BCUT2D eigenvalue weighted by molar-refractivity contribution is 6.26. The molecule has 0 bridgehead atoms. The molecule has 0 N–H and O–H groups in total. The van der Waals surface area contributed by atoms with E-state index in [1.807, 2.05) is 24.3 Å². The minimum atomic E-state index is -0.953.